The summed E-state index contributed by atoms with van der Waals surface area (Å²) in [6.07, 6.45) is -3.18. The highest BCUT2D eigenvalue weighted by Crippen LogP contribution is 2.17. The Morgan fingerprint density at radius 3 is 2.82 bits per heavy atom. The van der Waals surface area contributed by atoms with Gasteiger partial charge in [0, 0.05) is 17.4 Å². The Hall–Kier alpha value is -1.34. The first-order chi connectivity index (χ1) is 7.97. The van der Waals surface area contributed by atoms with Gasteiger partial charge >= 0.3 is 6.36 Å². The van der Waals surface area contributed by atoms with Crippen LogP contribution >= 0.6 is 11.3 Å². The zero-order chi connectivity index (χ0) is 12.5. The summed E-state index contributed by atoms with van der Waals surface area (Å²) in [6, 6.07) is 3.36. The van der Waals surface area contributed by atoms with Gasteiger partial charge in [0.2, 0.25) is 0 Å². The maximum atomic E-state index is 11.8. The van der Waals surface area contributed by atoms with Crippen molar-refractivity contribution in [2.24, 2.45) is 0 Å². The lowest BCUT2D eigenvalue weighted by Crippen LogP contribution is -2.24. The molecule has 0 N–H and O–H groups in total. The zero-order valence-corrected chi connectivity index (χ0v) is 9.35. The number of pyridine rings is 1. The van der Waals surface area contributed by atoms with E-state index in [1.54, 1.807) is 17.5 Å². The molecule has 17 heavy (non-hydrogen) atoms. The molecule has 2 aromatic heterocycles. The molecule has 0 saturated heterocycles. The molecule has 0 bridgehead atoms. The van der Waals surface area contributed by atoms with Gasteiger partial charge < -0.3 is 4.57 Å². The zero-order valence-electron chi connectivity index (χ0n) is 8.53. The molecule has 2 heterocycles. The third kappa shape index (κ3) is 2.86. The van der Waals surface area contributed by atoms with E-state index in [1.807, 2.05) is 0 Å². The first-order valence-electron chi connectivity index (χ1n) is 4.75. The summed E-state index contributed by atoms with van der Waals surface area (Å²) >= 11 is 1.41. The minimum Gasteiger partial charge on any atom is -0.313 e. The summed E-state index contributed by atoms with van der Waals surface area (Å²) in [5.41, 5.74) is -0.297. The monoisotopic (exact) mass is 263 g/mol. The van der Waals surface area contributed by atoms with E-state index < -0.39 is 13.0 Å². The number of aromatic nitrogens is 1. The molecule has 2 rings (SSSR count). The van der Waals surface area contributed by atoms with Gasteiger partial charge in [0.05, 0.1) is 12.0 Å². The van der Waals surface area contributed by atoms with E-state index in [0.717, 1.165) is 4.70 Å². The number of ether oxygens (including phenoxy) is 1. The van der Waals surface area contributed by atoms with Crippen LogP contribution in [-0.4, -0.2) is 17.5 Å². The molecule has 0 unspecified atom stereocenters. The van der Waals surface area contributed by atoms with Gasteiger partial charge in [-0.25, -0.2) is 0 Å². The molecule has 0 amide bonds. The minimum absolute atomic E-state index is 0.121. The highest BCUT2D eigenvalue weighted by molar-refractivity contribution is 7.17. The molecule has 92 valence electrons. The van der Waals surface area contributed by atoms with Gasteiger partial charge in [0.1, 0.15) is 0 Å². The van der Waals surface area contributed by atoms with Crippen LogP contribution in [0.15, 0.2) is 28.5 Å². The molecule has 0 fully saturated rings. The first-order valence-corrected chi connectivity index (χ1v) is 5.63. The SMILES string of the molecule is O=c1c2ccsc2ccn1CCOC(F)(F)F. The number of halogens is 3. The van der Waals surface area contributed by atoms with Crippen LogP contribution in [0, 0.1) is 0 Å². The van der Waals surface area contributed by atoms with Crippen LogP contribution in [0.3, 0.4) is 0 Å². The molecule has 3 nitrogen and oxygen atoms in total. The van der Waals surface area contributed by atoms with Crippen molar-refractivity contribution in [2.45, 2.75) is 12.9 Å². The summed E-state index contributed by atoms with van der Waals surface area (Å²) in [7, 11) is 0. The topological polar surface area (TPSA) is 31.2 Å². The maximum absolute atomic E-state index is 11.8. The van der Waals surface area contributed by atoms with Crippen molar-refractivity contribution >= 4 is 21.4 Å². The predicted molar refractivity (Wildman–Crippen MR) is 58.1 cm³/mol. The van der Waals surface area contributed by atoms with Crippen LogP contribution in [0.4, 0.5) is 13.2 Å². The third-order valence-electron chi connectivity index (χ3n) is 2.19. The second kappa shape index (κ2) is 4.50. The summed E-state index contributed by atoms with van der Waals surface area (Å²) in [4.78, 5) is 11.8. The summed E-state index contributed by atoms with van der Waals surface area (Å²) in [5.74, 6) is 0. The highest BCUT2D eigenvalue weighted by Gasteiger charge is 2.28. The number of hydrogen-bond acceptors (Lipinski definition) is 3. The van der Waals surface area contributed by atoms with Gasteiger partial charge in [-0.2, -0.15) is 0 Å². The number of nitrogens with zero attached hydrogens (tertiary/aromatic N) is 1. The van der Waals surface area contributed by atoms with Crippen molar-refractivity contribution in [3.05, 3.63) is 34.1 Å². The lowest BCUT2D eigenvalue weighted by atomic mass is 10.3. The lowest BCUT2D eigenvalue weighted by molar-refractivity contribution is -0.325. The van der Waals surface area contributed by atoms with E-state index in [-0.39, 0.29) is 12.1 Å². The van der Waals surface area contributed by atoms with Gasteiger partial charge in [-0.1, -0.05) is 0 Å². The standard InChI is InChI=1S/C10H8F3NO2S/c11-10(12,13)16-5-4-14-3-1-8-7(9(14)15)2-6-17-8/h1-3,6H,4-5H2. The second-order valence-electron chi connectivity index (χ2n) is 3.31. The molecule has 0 atom stereocenters. The van der Waals surface area contributed by atoms with Crippen molar-refractivity contribution < 1.29 is 17.9 Å². The molecular weight excluding hydrogens is 255 g/mol. The summed E-state index contributed by atoms with van der Waals surface area (Å²) in [6.45, 7) is -0.691. The fourth-order valence-electron chi connectivity index (χ4n) is 1.44. The normalized spacial score (nSPS) is 12.2. The average Bonchev–Trinajstić information content (AvgIpc) is 2.68. The highest BCUT2D eigenvalue weighted by atomic mass is 32.1. The Morgan fingerprint density at radius 1 is 1.35 bits per heavy atom. The van der Waals surface area contributed by atoms with Crippen molar-refractivity contribution in [3.63, 3.8) is 0 Å². The molecule has 7 heteroatoms. The molecule has 2 aromatic rings. The van der Waals surface area contributed by atoms with Crippen molar-refractivity contribution in [2.75, 3.05) is 6.61 Å². The smallest absolute Gasteiger partial charge is 0.313 e. The molecule has 0 aliphatic rings. The fourth-order valence-corrected chi connectivity index (χ4v) is 2.22. The number of rotatable bonds is 3. The van der Waals surface area contributed by atoms with E-state index in [1.165, 1.54) is 22.1 Å². The Kier molecular flexibility index (Phi) is 3.21. The second-order valence-corrected chi connectivity index (χ2v) is 4.25. The number of hydrogen-bond donors (Lipinski definition) is 0. The van der Waals surface area contributed by atoms with Crippen molar-refractivity contribution in [1.82, 2.24) is 4.57 Å². The first kappa shape index (κ1) is 12.1. The van der Waals surface area contributed by atoms with Crippen molar-refractivity contribution in [3.8, 4) is 0 Å². The molecule has 0 radical (unpaired) electrons. The van der Waals surface area contributed by atoms with Crippen LogP contribution < -0.4 is 5.56 Å². The third-order valence-corrected chi connectivity index (χ3v) is 3.07. The minimum atomic E-state index is -4.66. The van der Waals surface area contributed by atoms with Crippen LogP contribution in [-0.2, 0) is 11.3 Å². The average molecular weight is 263 g/mol. The molecule has 0 saturated carbocycles. The Balaban J connectivity index is 2.14. The van der Waals surface area contributed by atoms with Gasteiger partial charge in [0.25, 0.3) is 5.56 Å². The van der Waals surface area contributed by atoms with Crippen LogP contribution in [0.2, 0.25) is 0 Å². The van der Waals surface area contributed by atoms with Gasteiger partial charge in [-0.05, 0) is 17.5 Å². The number of fused-ring (bicyclic) bond motifs is 1. The van der Waals surface area contributed by atoms with E-state index in [0.29, 0.717) is 5.39 Å². The molecule has 0 aliphatic heterocycles. The number of alkyl halides is 3. The van der Waals surface area contributed by atoms with Gasteiger partial charge in [0.15, 0.2) is 0 Å². The van der Waals surface area contributed by atoms with Crippen LogP contribution in [0.5, 0.6) is 0 Å². The van der Waals surface area contributed by atoms with Crippen LogP contribution in [0.1, 0.15) is 0 Å². The van der Waals surface area contributed by atoms with E-state index >= 15 is 0 Å². The van der Waals surface area contributed by atoms with E-state index in [9.17, 15) is 18.0 Å². The van der Waals surface area contributed by atoms with Crippen molar-refractivity contribution in [1.29, 1.82) is 0 Å². The van der Waals surface area contributed by atoms with Gasteiger partial charge in [-0.3, -0.25) is 9.53 Å². The largest absolute Gasteiger partial charge is 0.522 e. The van der Waals surface area contributed by atoms with Gasteiger partial charge in [-0.15, -0.1) is 24.5 Å². The lowest BCUT2D eigenvalue weighted by Gasteiger charge is -2.08. The fraction of sp³-hybridized carbons (Fsp3) is 0.300. The number of thiophene rings is 1. The Labute approximate surface area is 98.0 Å². The predicted octanol–water partition coefficient (Wildman–Crippen LogP) is 2.60. The summed E-state index contributed by atoms with van der Waals surface area (Å²) < 4.78 is 40.9. The quantitative estimate of drug-likeness (QED) is 0.852. The molecule has 0 spiro atoms. The van der Waals surface area contributed by atoms with E-state index in [2.05, 4.69) is 4.74 Å². The molecule has 0 aromatic carbocycles. The van der Waals surface area contributed by atoms with E-state index in [4.69, 9.17) is 0 Å². The molecular formula is C10H8F3NO2S. The summed E-state index contributed by atoms with van der Waals surface area (Å²) in [5, 5.41) is 2.28. The maximum Gasteiger partial charge on any atom is 0.522 e. The Morgan fingerprint density at radius 2 is 2.12 bits per heavy atom. The molecule has 0 aliphatic carbocycles. The Bertz CT molecular complexity index is 573. The van der Waals surface area contributed by atoms with Crippen LogP contribution in [0.25, 0.3) is 10.1 Å².